The highest BCUT2D eigenvalue weighted by molar-refractivity contribution is 7.92. The second kappa shape index (κ2) is 7.87. The first kappa shape index (κ1) is 20.6. The number of carbonyl (C=O) groups is 1. The topological polar surface area (TPSA) is 84.5 Å². The van der Waals surface area contributed by atoms with Crippen LogP contribution in [0.1, 0.15) is 19.4 Å². The summed E-state index contributed by atoms with van der Waals surface area (Å²) in [6.07, 6.45) is -4.72. The van der Waals surface area contributed by atoms with Gasteiger partial charge in [-0.15, -0.1) is 0 Å². The second-order valence-corrected chi connectivity index (χ2v) is 7.10. The summed E-state index contributed by atoms with van der Waals surface area (Å²) in [7, 11) is -4.34. The predicted molar refractivity (Wildman–Crippen MR) is 94.2 cm³/mol. The number of para-hydroxylation sites is 1. The minimum absolute atomic E-state index is 0.0938. The lowest BCUT2D eigenvalue weighted by Crippen LogP contribution is -2.17. The molecule has 0 bridgehead atoms. The summed E-state index contributed by atoms with van der Waals surface area (Å²) in [6, 6.07) is 7.85. The lowest BCUT2D eigenvalue weighted by atomic mass is 10.2. The van der Waals surface area contributed by atoms with E-state index < -0.39 is 33.4 Å². The van der Waals surface area contributed by atoms with Gasteiger partial charge in [-0.3, -0.25) is 9.52 Å². The summed E-state index contributed by atoms with van der Waals surface area (Å²) < 4.78 is 71.6. The van der Waals surface area contributed by atoms with E-state index in [4.69, 9.17) is 4.74 Å². The molecule has 0 radical (unpaired) electrons. The van der Waals surface area contributed by atoms with Crippen LogP contribution in [-0.4, -0.2) is 20.9 Å². The molecule has 2 N–H and O–H groups in total. The van der Waals surface area contributed by atoms with Gasteiger partial charge in [-0.2, -0.15) is 13.2 Å². The summed E-state index contributed by atoms with van der Waals surface area (Å²) in [6.45, 7) is 3.21. The number of alkyl halides is 3. The predicted octanol–water partition coefficient (Wildman–Crippen LogP) is 3.86. The molecule has 6 nitrogen and oxygen atoms in total. The van der Waals surface area contributed by atoms with Gasteiger partial charge in [0.1, 0.15) is 5.75 Å². The number of anilines is 2. The van der Waals surface area contributed by atoms with Gasteiger partial charge in [0.15, 0.2) is 0 Å². The van der Waals surface area contributed by atoms with Crippen molar-refractivity contribution in [2.24, 2.45) is 0 Å². The van der Waals surface area contributed by atoms with E-state index in [2.05, 4.69) is 5.32 Å². The van der Waals surface area contributed by atoms with Gasteiger partial charge in [-0.1, -0.05) is 12.1 Å². The van der Waals surface area contributed by atoms with Crippen LogP contribution in [-0.2, 0) is 21.0 Å². The van der Waals surface area contributed by atoms with Crippen LogP contribution in [0.25, 0.3) is 0 Å². The minimum atomic E-state index is -4.72. The van der Waals surface area contributed by atoms with Crippen molar-refractivity contribution < 1.29 is 31.1 Å². The molecule has 0 aliphatic heterocycles. The van der Waals surface area contributed by atoms with Crippen LogP contribution >= 0.6 is 0 Å². The molecule has 0 aliphatic rings. The molecule has 0 unspecified atom stereocenters. The van der Waals surface area contributed by atoms with Crippen molar-refractivity contribution in [3.8, 4) is 5.75 Å². The maximum absolute atomic E-state index is 13.1. The number of benzene rings is 2. The summed E-state index contributed by atoms with van der Waals surface area (Å²) >= 11 is 0. The van der Waals surface area contributed by atoms with Gasteiger partial charge in [0.2, 0.25) is 5.91 Å². The number of hydrogen-bond donors (Lipinski definition) is 2. The third-order valence-electron chi connectivity index (χ3n) is 3.35. The molecule has 2 aromatic carbocycles. The Morgan fingerprint density at radius 2 is 1.78 bits per heavy atom. The van der Waals surface area contributed by atoms with Crippen LogP contribution in [0, 0.1) is 0 Å². The molecular weight excluding hydrogens is 385 g/mol. The van der Waals surface area contributed by atoms with Crippen molar-refractivity contribution >= 4 is 27.3 Å². The van der Waals surface area contributed by atoms with Gasteiger partial charge in [0, 0.05) is 6.92 Å². The minimum Gasteiger partial charge on any atom is -0.492 e. The van der Waals surface area contributed by atoms with Crippen molar-refractivity contribution in [2.45, 2.75) is 24.9 Å². The van der Waals surface area contributed by atoms with Crippen molar-refractivity contribution in [2.75, 3.05) is 16.6 Å². The molecule has 146 valence electrons. The summed E-state index contributed by atoms with van der Waals surface area (Å²) in [5.74, 6) is -0.219. The molecule has 0 atom stereocenters. The summed E-state index contributed by atoms with van der Waals surface area (Å²) in [5, 5.41) is 2.43. The Morgan fingerprint density at radius 1 is 1.11 bits per heavy atom. The third-order valence-corrected chi connectivity index (χ3v) is 4.71. The molecule has 0 heterocycles. The van der Waals surface area contributed by atoms with Crippen molar-refractivity contribution in [1.82, 2.24) is 0 Å². The Bertz CT molecular complexity index is 943. The van der Waals surface area contributed by atoms with Crippen LogP contribution in [0.5, 0.6) is 5.75 Å². The van der Waals surface area contributed by atoms with E-state index in [0.717, 1.165) is 24.3 Å². The Morgan fingerprint density at radius 3 is 2.37 bits per heavy atom. The Hall–Kier alpha value is -2.75. The monoisotopic (exact) mass is 402 g/mol. The van der Waals surface area contributed by atoms with Crippen molar-refractivity contribution in [3.63, 3.8) is 0 Å². The molecule has 2 aromatic rings. The number of ether oxygens (including phenoxy) is 1. The van der Waals surface area contributed by atoms with Crippen LogP contribution in [0.3, 0.4) is 0 Å². The first-order chi connectivity index (χ1) is 12.5. The zero-order valence-electron chi connectivity index (χ0n) is 14.4. The second-order valence-electron chi connectivity index (χ2n) is 5.42. The fraction of sp³-hybridized carbons (Fsp3) is 0.235. The van der Waals surface area contributed by atoms with Gasteiger partial charge in [-0.05, 0) is 37.3 Å². The van der Waals surface area contributed by atoms with E-state index in [0.29, 0.717) is 0 Å². The maximum Gasteiger partial charge on any atom is 0.418 e. The van der Waals surface area contributed by atoms with Gasteiger partial charge >= 0.3 is 6.18 Å². The van der Waals surface area contributed by atoms with E-state index in [1.54, 1.807) is 6.92 Å². The first-order valence-corrected chi connectivity index (χ1v) is 9.26. The summed E-state index contributed by atoms with van der Waals surface area (Å²) in [5.41, 5.74) is -1.61. The number of sulfonamides is 1. The quantitative estimate of drug-likeness (QED) is 0.768. The molecule has 0 saturated carbocycles. The highest BCUT2D eigenvalue weighted by atomic mass is 32.2. The number of carbonyl (C=O) groups excluding carboxylic acids is 1. The smallest absolute Gasteiger partial charge is 0.418 e. The Kier molecular flexibility index (Phi) is 5.99. The molecular formula is C17H17F3N2O4S. The molecule has 0 aromatic heterocycles. The van der Waals surface area contributed by atoms with Crippen LogP contribution < -0.4 is 14.8 Å². The third kappa shape index (κ3) is 5.13. The first-order valence-electron chi connectivity index (χ1n) is 7.78. The fourth-order valence-electron chi connectivity index (χ4n) is 2.27. The lowest BCUT2D eigenvalue weighted by molar-refractivity contribution is -0.136. The lowest BCUT2D eigenvalue weighted by Gasteiger charge is -2.16. The average molecular weight is 402 g/mol. The van der Waals surface area contributed by atoms with Crippen molar-refractivity contribution in [1.29, 1.82) is 0 Å². The number of hydrogen-bond acceptors (Lipinski definition) is 4. The Labute approximate surface area is 154 Å². The van der Waals surface area contributed by atoms with E-state index >= 15 is 0 Å². The number of halogens is 3. The largest absolute Gasteiger partial charge is 0.492 e. The summed E-state index contributed by atoms with van der Waals surface area (Å²) in [4.78, 5) is 11.0. The van der Waals surface area contributed by atoms with Crippen LogP contribution in [0.4, 0.5) is 24.5 Å². The zero-order valence-corrected chi connectivity index (χ0v) is 15.2. The van der Waals surface area contributed by atoms with Gasteiger partial charge in [0.25, 0.3) is 10.0 Å². The molecule has 2 rings (SSSR count). The highest BCUT2D eigenvalue weighted by Crippen LogP contribution is 2.36. The van der Waals surface area contributed by atoms with Crippen LogP contribution in [0.2, 0.25) is 0 Å². The van der Waals surface area contributed by atoms with E-state index in [1.807, 2.05) is 4.72 Å². The zero-order chi connectivity index (χ0) is 20.2. The number of rotatable bonds is 6. The number of nitrogens with one attached hydrogen (secondary N) is 2. The van der Waals surface area contributed by atoms with Gasteiger partial charge in [-0.25, -0.2) is 8.42 Å². The highest BCUT2D eigenvalue weighted by Gasteiger charge is 2.34. The van der Waals surface area contributed by atoms with Crippen LogP contribution in [0.15, 0.2) is 47.4 Å². The normalized spacial score (nSPS) is 11.7. The van der Waals surface area contributed by atoms with Gasteiger partial charge in [0.05, 0.1) is 28.4 Å². The molecule has 0 fully saturated rings. The van der Waals surface area contributed by atoms with E-state index in [1.165, 1.54) is 25.1 Å². The maximum atomic E-state index is 13.1. The molecule has 10 heteroatoms. The molecule has 0 spiro atoms. The molecule has 0 saturated heterocycles. The average Bonchev–Trinajstić information content (AvgIpc) is 2.55. The fourth-order valence-corrected chi connectivity index (χ4v) is 3.37. The van der Waals surface area contributed by atoms with Gasteiger partial charge < -0.3 is 10.1 Å². The van der Waals surface area contributed by atoms with E-state index in [-0.39, 0.29) is 22.9 Å². The standard InChI is InChI=1S/C17H17F3N2O4S/c1-3-26-16-9-8-12(10-15(16)21-11(2)23)27(24,25)22-14-7-5-4-6-13(14)17(18,19)20/h4-10,22H,3H2,1-2H3,(H,21,23). The van der Waals surface area contributed by atoms with E-state index in [9.17, 15) is 26.4 Å². The molecule has 27 heavy (non-hydrogen) atoms. The molecule has 0 aliphatic carbocycles. The Balaban J connectivity index is 2.44. The van der Waals surface area contributed by atoms with Crippen molar-refractivity contribution in [3.05, 3.63) is 48.0 Å². The molecule has 1 amide bonds. The SMILES string of the molecule is CCOc1ccc(S(=O)(=O)Nc2ccccc2C(F)(F)F)cc1NC(C)=O. The number of amides is 1.